The average molecular weight is 237 g/mol. The second-order valence-corrected chi connectivity index (χ2v) is 5.21. The van der Waals surface area contributed by atoms with E-state index in [1.807, 2.05) is 12.4 Å². The lowest BCUT2D eigenvalue weighted by Gasteiger charge is -2.20. The van der Waals surface area contributed by atoms with E-state index in [1.54, 1.807) is 7.11 Å². The predicted octanol–water partition coefficient (Wildman–Crippen LogP) is 1.94. The lowest BCUT2D eigenvalue weighted by Crippen LogP contribution is -2.35. The fraction of sp³-hybridized carbons (Fsp3) is 0.692. The zero-order valence-electron chi connectivity index (χ0n) is 11.3. The van der Waals surface area contributed by atoms with E-state index in [-0.39, 0.29) is 5.54 Å². The Morgan fingerprint density at radius 1 is 1.24 bits per heavy atom. The number of hydrogen-bond acceptors (Lipinski definition) is 4. The van der Waals surface area contributed by atoms with Gasteiger partial charge in [-0.3, -0.25) is 0 Å². The molecule has 4 nitrogen and oxygen atoms in total. The Bertz CT molecular complexity index is 316. The van der Waals surface area contributed by atoms with Crippen LogP contribution in [0.15, 0.2) is 12.4 Å². The maximum atomic E-state index is 5.00. The van der Waals surface area contributed by atoms with Gasteiger partial charge in [-0.25, -0.2) is 9.97 Å². The molecule has 0 aliphatic carbocycles. The summed E-state index contributed by atoms with van der Waals surface area (Å²) < 4.78 is 5.00. The first-order valence-corrected chi connectivity index (χ1v) is 6.05. The second kappa shape index (κ2) is 6.67. The highest BCUT2D eigenvalue weighted by Gasteiger charge is 2.08. The summed E-state index contributed by atoms with van der Waals surface area (Å²) in [7, 11) is 1.71. The van der Waals surface area contributed by atoms with E-state index in [0.717, 1.165) is 37.4 Å². The van der Waals surface area contributed by atoms with Crippen LogP contribution < -0.4 is 5.32 Å². The van der Waals surface area contributed by atoms with Crippen LogP contribution in [-0.4, -0.2) is 29.2 Å². The normalized spacial score (nSPS) is 11.8. The first-order chi connectivity index (χ1) is 8.01. The Morgan fingerprint density at radius 3 is 2.41 bits per heavy atom. The average Bonchev–Trinajstić information content (AvgIpc) is 2.27. The molecule has 0 radical (unpaired) electrons. The Hall–Kier alpha value is -1.00. The molecular weight excluding hydrogens is 214 g/mol. The Morgan fingerprint density at radius 2 is 1.88 bits per heavy atom. The summed E-state index contributed by atoms with van der Waals surface area (Å²) in [5.74, 6) is 0.890. The molecule has 0 aromatic carbocycles. The minimum Gasteiger partial charge on any atom is -0.385 e. The number of hydrogen-bond donors (Lipinski definition) is 1. The smallest absolute Gasteiger partial charge is 0.128 e. The fourth-order valence-electron chi connectivity index (χ4n) is 1.34. The van der Waals surface area contributed by atoms with Crippen LogP contribution in [0.5, 0.6) is 0 Å². The van der Waals surface area contributed by atoms with Crippen molar-refractivity contribution in [1.82, 2.24) is 15.3 Å². The molecule has 1 aromatic rings. The van der Waals surface area contributed by atoms with Crippen LogP contribution in [0.4, 0.5) is 0 Å². The molecule has 0 atom stereocenters. The van der Waals surface area contributed by atoms with Gasteiger partial charge in [0.25, 0.3) is 0 Å². The minimum absolute atomic E-state index is 0.122. The molecule has 96 valence electrons. The summed E-state index contributed by atoms with van der Waals surface area (Å²) in [6, 6.07) is 0. The number of methoxy groups -OCH3 is 1. The maximum absolute atomic E-state index is 5.00. The van der Waals surface area contributed by atoms with E-state index in [1.165, 1.54) is 0 Å². The third kappa shape index (κ3) is 6.34. The van der Waals surface area contributed by atoms with Crippen molar-refractivity contribution in [3.8, 4) is 0 Å². The van der Waals surface area contributed by atoms with Crippen molar-refractivity contribution < 1.29 is 4.74 Å². The molecule has 1 aromatic heterocycles. The van der Waals surface area contributed by atoms with Crippen LogP contribution in [-0.2, 0) is 17.7 Å². The van der Waals surface area contributed by atoms with Crippen molar-refractivity contribution >= 4 is 0 Å². The van der Waals surface area contributed by atoms with E-state index in [4.69, 9.17) is 4.74 Å². The summed E-state index contributed by atoms with van der Waals surface area (Å²) in [5, 5.41) is 3.41. The SMILES string of the molecule is COCCCc1ncc(CNC(C)(C)C)cn1. The van der Waals surface area contributed by atoms with Gasteiger partial charge >= 0.3 is 0 Å². The standard InChI is InChI=1S/C13H23N3O/c1-13(2,3)16-10-11-8-14-12(15-9-11)6-5-7-17-4/h8-9,16H,5-7,10H2,1-4H3. The van der Waals surface area contributed by atoms with Crippen LogP contribution in [0.2, 0.25) is 0 Å². The predicted molar refractivity (Wildman–Crippen MR) is 68.8 cm³/mol. The summed E-state index contributed by atoms with van der Waals surface area (Å²) in [4.78, 5) is 8.69. The van der Waals surface area contributed by atoms with Gasteiger partial charge in [0.1, 0.15) is 5.82 Å². The highest BCUT2D eigenvalue weighted by molar-refractivity contribution is 5.05. The molecule has 0 saturated carbocycles. The van der Waals surface area contributed by atoms with Crippen LogP contribution in [0, 0.1) is 0 Å². The maximum Gasteiger partial charge on any atom is 0.128 e. The summed E-state index contributed by atoms with van der Waals surface area (Å²) in [6.07, 6.45) is 5.64. The molecule has 4 heteroatoms. The third-order valence-electron chi connectivity index (χ3n) is 2.33. The van der Waals surface area contributed by atoms with Gasteiger partial charge in [0, 0.05) is 50.2 Å². The first-order valence-electron chi connectivity index (χ1n) is 6.05. The molecule has 0 saturated heterocycles. The molecular formula is C13H23N3O. The molecule has 0 unspecified atom stereocenters. The zero-order valence-corrected chi connectivity index (χ0v) is 11.3. The lowest BCUT2D eigenvalue weighted by molar-refractivity contribution is 0.194. The molecule has 1 heterocycles. The molecule has 0 aliphatic heterocycles. The van der Waals surface area contributed by atoms with Gasteiger partial charge in [0.05, 0.1) is 0 Å². The van der Waals surface area contributed by atoms with E-state index in [2.05, 4.69) is 36.1 Å². The van der Waals surface area contributed by atoms with Gasteiger partial charge in [0.2, 0.25) is 0 Å². The number of nitrogens with one attached hydrogen (secondary N) is 1. The second-order valence-electron chi connectivity index (χ2n) is 5.21. The number of ether oxygens (including phenoxy) is 1. The molecule has 17 heavy (non-hydrogen) atoms. The summed E-state index contributed by atoms with van der Waals surface area (Å²) in [6.45, 7) is 8.01. The molecule has 1 N–H and O–H groups in total. The monoisotopic (exact) mass is 237 g/mol. The Labute approximate surface area is 104 Å². The Kier molecular flexibility index (Phi) is 5.51. The largest absolute Gasteiger partial charge is 0.385 e. The summed E-state index contributed by atoms with van der Waals surface area (Å²) in [5.41, 5.74) is 1.24. The third-order valence-corrected chi connectivity index (χ3v) is 2.33. The molecule has 0 spiro atoms. The van der Waals surface area contributed by atoms with Gasteiger partial charge < -0.3 is 10.1 Å². The zero-order chi connectivity index (χ0) is 12.7. The van der Waals surface area contributed by atoms with Gasteiger partial charge in [-0.05, 0) is 27.2 Å². The number of aromatic nitrogens is 2. The number of nitrogens with zero attached hydrogens (tertiary/aromatic N) is 2. The van der Waals surface area contributed by atoms with E-state index >= 15 is 0 Å². The number of aryl methyl sites for hydroxylation is 1. The molecule has 0 fully saturated rings. The topological polar surface area (TPSA) is 47.0 Å². The fourth-order valence-corrected chi connectivity index (χ4v) is 1.34. The number of rotatable bonds is 6. The van der Waals surface area contributed by atoms with E-state index in [9.17, 15) is 0 Å². The van der Waals surface area contributed by atoms with Crippen molar-refractivity contribution in [3.63, 3.8) is 0 Å². The highest BCUT2D eigenvalue weighted by atomic mass is 16.5. The van der Waals surface area contributed by atoms with Crippen molar-refractivity contribution in [2.75, 3.05) is 13.7 Å². The quantitative estimate of drug-likeness (QED) is 0.768. The molecule has 0 amide bonds. The van der Waals surface area contributed by atoms with E-state index < -0.39 is 0 Å². The van der Waals surface area contributed by atoms with Gasteiger partial charge in [-0.15, -0.1) is 0 Å². The van der Waals surface area contributed by atoms with Gasteiger partial charge in [-0.1, -0.05) is 0 Å². The molecule has 0 bridgehead atoms. The highest BCUT2D eigenvalue weighted by Crippen LogP contribution is 2.03. The minimum atomic E-state index is 0.122. The van der Waals surface area contributed by atoms with Crippen LogP contribution in [0.3, 0.4) is 0 Å². The molecule has 0 aliphatic rings. The lowest BCUT2D eigenvalue weighted by atomic mass is 10.1. The van der Waals surface area contributed by atoms with Gasteiger partial charge in [-0.2, -0.15) is 0 Å². The van der Waals surface area contributed by atoms with Crippen LogP contribution >= 0.6 is 0 Å². The van der Waals surface area contributed by atoms with Crippen molar-refractivity contribution in [3.05, 3.63) is 23.8 Å². The molecule has 1 rings (SSSR count). The first kappa shape index (κ1) is 14.1. The van der Waals surface area contributed by atoms with Crippen molar-refractivity contribution in [2.24, 2.45) is 0 Å². The van der Waals surface area contributed by atoms with E-state index in [0.29, 0.717) is 0 Å². The van der Waals surface area contributed by atoms with Crippen LogP contribution in [0.1, 0.15) is 38.6 Å². The Balaban J connectivity index is 2.39. The van der Waals surface area contributed by atoms with Crippen molar-refractivity contribution in [2.45, 2.75) is 45.7 Å². The van der Waals surface area contributed by atoms with Crippen LogP contribution in [0.25, 0.3) is 0 Å². The summed E-state index contributed by atoms with van der Waals surface area (Å²) >= 11 is 0. The van der Waals surface area contributed by atoms with Gasteiger partial charge in [0.15, 0.2) is 0 Å². The van der Waals surface area contributed by atoms with Crippen molar-refractivity contribution in [1.29, 1.82) is 0 Å².